The molecular formula is C12H9ClN2O5S. The molecule has 7 nitrogen and oxygen atoms in total. The maximum atomic E-state index is 11.4. The van der Waals surface area contributed by atoms with E-state index in [2.05, 4.69) is 4.98 Å². The number of hydrogen-bond donors (Lipinski definition) is 0. The molecule has 0 aliphatic carbocycles. The number of sulfone groups is 1. The van der Waals surface area contributed by atoms with Crippen molar-refractivity contribution in [2.24, 2.45) is 0 Å². The minimum atomic E-state index is -3.56. The van der Waals surface area contributed by atoms with Crippen LogP contribution >= 0.6 is 11.6 Å². The van der Waals surface area contributed by atoms with Gasteiger partial charge in [-0.2, -0.15) is 0 Å². The summed E-state index contributed by atoms with van der Waals surface area (Å²) in [6.07, 6.45) is 2.40. The van der Waals surface area contributed by atoms with Gasteiger partial charge in [0.2, 0.25) is 5.75 Å². The summed E-state index contributed by atoms with van der Waals surface area (Å²) in [5.74, 6) is 0.0108. The quantitative estimate of drug-likeness (QED) is 0.486. The number of ether oxygens (including phenoxy) is 1. The number of nitro benzene ring substituents is 1. The van der Waals surface area contributed by atoms with Gasteiger partial charge in [0, 0.05) is 18.5 Å². The fraction of sp³-hybridized carbons (Fsp3) is 0.0833. The van der Waals surface area contributed by atoms with E-state index >= 15 is 0 Å². The Morgan fingerprint density at radius 2 is 2.00 bits per heavy atom. The summed E-state index contributed by atoms with van der Waals surface area (Å²) in [5, 5.41) is 11.1. The van der Waals surface area contributed by atoms with Crippen LogP contribution in [0.15, 0.2) is 41.4 Å². The van der Waals surface area contributed by atoms with E-state index in [1.165, 1.54) is 24.4 Å². The number of aromatic nitrogens is 1. The highest BCUT2D eigenvalue weighted by Gasteiger charge is 2.21. The molecule has 110 valence electrons. The van der Waals surface area contributed by atoms with E-state index in [-0.39, 0.29) is 21.5 Å². The van der Waals surface area contributed by atoms with Crippen LogP contribution in [0.25, 0.3) is 0 Å². The lowest BCUT2D eigenvalue weighted by Crippen LogP contribution is -2.00. The molecule has 1 heterocycles. The molecule has 0 radical (unpaired) electrons. The Balaban J connectivity index is 2.50. The standard InChI is InChI=1S/C12H9ClN2O5S/c1-21(18,19)8-4-5-10(9(7-8)15(16)17)20-11-3-2-6-14-12(11)13/h2-7H,1H3. The van der Waals surface area contributed by atoms with Crippen LogP contribution in [0.2, 0.25) is 5.15 Å². The second kappa shape index (κ2) is 5.66. The summed E-state index contributed by atoms with van der Waals surface area (Å²) in [4.78, 5) is 13.9. The lowest BCUT2D eigenvalue weighted by molar-refractivity contribution is -0.385. The van der Waals surface area contributed by atoms with Gasteiger partial charge >= 0.3 is 5.69 Å². The Bertz CT molecular complexity index is 807. The van der Waals surface area contributed by atoms with Crippen molar-refractivity contribution in [2.45, 2.75) is 4.90 Å². The number of nitrogens with zero attached hydrogens (tertiary/aromatic N) is 2. The third-order valence-electron chi connectivity index (χ3n) is 2.50. The Morgan fingerprint density at radius 1 is 1.29 bits per heavy atom. The van der Waals surface area contributed by atoms with Crippen molar-refractivity contribution in [1.82, 2.24) is 4.98 Å². The van der Waals surface area contributed by atoms with Crippen LogP contribution in [0.4, 0.5) is 5.69 Å². The average molecular weight is 329 g/mol. The topological polar surface area (TPSA) is 99.4 Å². The second-order valence-corrected chi connectivity index (χ2v) is 6.43. The van der Waals surface area contributed by atoms with Gasteiger partial charge in [0.1, 0.15) is 0 Å². The van der Waals surface area contributed by atoms with Gasteiger partial charge in [0.15, 0.2) is 20.7 Å². The molecule has 0 amide bonds. The summed E-state index contributed by atoms with van der Waals surface area (Å²) in [7, 11) is -3.56. The van der Waals surface area contributed by atoms with Gasteiger partial charge < -0.3 is 4.74 Å². The van der Waals surface area contributed by atoms with Gasteiger partial charge in [-0.1, -0.05) is 11.6 Å². The van der Waals surface area contributed by atoms with Gasteiger partial charge in [-0.25, -0.2) is 13.4 Å². The number of nitro groups is 1. The van der Waals surface area contributed by atoms with Gasteiger partial charge in [-0.15, -0.1) is 0 Å². The average Bonchev–Trinajstić information content (AvgIpc) is 2.40. The van der Waals surface area contributed by atoms with Crippen LogP contribution in [0.5, 0.6) is 11.5 Å². The number of pyridine rings is 1. The number of benzene rings is 1. The highest BCUT2D eigenvalue weighted by atomic mass is 35.5. The number of rotatable bonds is 4. The Hall–Kier alpha value is -2.19. The van der Waals surface area contributed by atoms with E-state index in [1.54, 1.807) is 6.07 Å². The maximum Gasteiger partial charge on any atom is 0.312 e. The summed E-state index contributed by atoms with van der Waals surface area (Å²) in [6.45, 7) is 0. The van der Waals surface area contributed by atoms with E-state index < -0.39 is 20.4 Å². The minimum Gasteiger partial charge on any atom is -0.447 e. The third kappa shape index (κ3) is 3.47. The fourth-order valence-corrected chi connectivity index (χ4v) is 2.32. The molecule has 0 spiro atoms. The Kier molecular flexibility index (Phi) is 4.10. The van der Waals surface area contributed by atoms with E-state index in [1.807, 2.05) is 0 Å². The highest BCUT2D eigenvalue weighted by molar-refractivity contribution is 7.90. The van der Waals surface area contributed by atoms with Crippen LogP contribution in [0.1, 0.15) is 0 Å². The van der Waals surface area contributed by atoms with Crippen LogP contribution in [0, 0.1) is 10.1 Å². The maximum absolute atomic E-state index is 11.4. The van der Waals surface area contributed by atoms with Crippen molar-refractivity contribution in [2.75, 3.05) is 6.26 Å². The Morgan fingerprint density at radius 3 is 2.57 bits per heavy atom. The molecule has 0 unspecified atom stereocenters. The van der Waals surface area contributed by atoms with Crippen LogP contribution in [0.3, 0.4) is 0 Å². The molecule has 0 saturated carbocycles. The first kappa shape index (κ1) is 15.2. The molecule has 1 aromatic heterocycles. The number of halogens is 1. The smallest absolute Gasteiger partial charge is 0.312 e. The van der Waals surface area contributed by atoms with Gasteiger partial charge in [0.25, 0.3) is 0 Å². The second-order valence-electron chi connectivity index (χ2n) is 4.05. The van der Waals surface area contributed by atoms with Crippen LogP contribution < -0.4 is 4.74 Å². The molecule has 0 aliphatic rings. The third-order valence-corrected chi connectivity index (χ3v) is 3.89. The highest BCUT2D eigenvalue weighted by Crippen LogP contribution is 2.35. The van der Waals surface area contributed by atoms with Crippen molar-refractivity contribution >= 4 is 27.1 Å². The summed E-state index contributed by atoms with van der Waals surface area (Å²) in [6, 6.07) is 6.41. The minimum absolute atomic E-state index is 0.0407. The van der Waals surface area contributed by atoms with E-state index in [4.69, 9.17) is 16.3 Å². The largest absolute Gasteiger partial charge is 0.447 e. The van der Waals surface area contributed by atoms with Crippen LogP contribution in [-0.2, 0) is 9.84 Å². The van der Waals surface area contributed by atoms with Crippen molar-refractivity contribution in [3.05, 3.63) is 51.8 Å². The molecule has 0 aliphatic heterocycles. The molecule has 0 bridgehead atoms. The molecule has 0 atom stereocenters. The summed E-state index contributed by atoms with van der Waals surface area (Å²) < 4.78 is 28.2. The van der Waals surface area contributed by atoms with E-state index in [0.717, 1.165) is 12.3 Å². The molecule has 0 saturated heterocycles. The predicted molar refractivity (Wildman–Crippen MR) is 75.5 cm³/mol. The fourth-order valence-electron chi connectivity index (χ4n) is 1.52. The van der Waals surface area contributed by atoms with Gasteiger partial charge in [-0.3, -0.25) is 10.1 Å². The molecule has 21 heavy (non-hydrogen) atoms. The van der Waals surface area contributed by atoms with E-state index in [9.17, 15) is 18.5 Å². The van der Waals surface area contributed by atoms with Crippen molar-refractivity contribution in [1.29, 1.82) is 0 Å². The first-order valence-corrected chi connectivity index (χ1v) is 7.83. The normalized spacial score (nSPS) is 11.1. The molecule has 1 aromatic carbocycles. The summed E-state index contributed by atoms with van der Waals surface area (Å²) >= 11 is 5.81. The lowest BCUT2D eigenvalue weighted by Gasteiger charge is -2.08. The van der Waals surface area contributed by atoms with Crippen molar-refractivity contribution in [3.63, 3.8) is 0 Å². The Labute approximate surface area is 125 Å². The van der Waals surface area contributed by atoms with Gasteiger partial charge in [-0.05, 0) is 24.3 Å². The zero-order valence-electron chi connectivity index (χ0n) is 10.7. The van der Waals surface area contributed by atoms with Gasteiger partial charge in [0.05, 0.1) is 9.82 Å². The molecule has 2 rings (SSSR count). The first-order chi connectivity index (χ1) is 9.79. The van der Waals surface area contributed by atoms with Crippen molar-refractivity contribution < 1.29 is 18.1 Å². The summed E-state index contributed by atoms with van der Waals surface area (Å²) in [5.41, 5.74) is -0.474. The number of hydrogen-bond acceptors (Lipinski definition) is 6. The first-order valence-electron chi connectivity index (χ1n) is 5.56. The predicted octanol–water partition coefficient (Wildman–Crippen LogP) is 2.84. The molecule has 0 fully saturated rings. The molecule has 2 aromatic rings. The molecule has 9 heteroatoms. The van der Waals surface area contributed by atoms with Crippen LogP contribution in [-0.4, -0.2) is 24.6 Å². The SMILES string of the molecule is CS(=O)(=O)c1ccc(Oc2cccnc2Cl)c([N+](=O)[O-])c1. The zero-order valence-corrected chi connectivity index (χ0v) is 12.3. The lowest BCUT2D eigenvalue weighted by atomic mass is 10.3. The molecular weight excluding hydrogens is 320 g/mol. The monoisotopic (exact) mass is 328 g/mol. The van der Waals surface area contributed by atoms with E-state index in [0.29, 0.717) is 0 Å². The molecule has 0 N–H and O–H groups in total. The van der Waals surface area contributed by atoms with Crippen molar-refractivity contribution in [3.8, 4) is 11.5 Å². The zero-order chi connectivity index (χ0) is 15.6.